The lowest BCUT2D eigenvalue weighted by Crippen LogP contribution is -2.41. The summed E-state index contributed by atoms with van der Waals surface area (Å²) in [6.07, 6.45) is -2.83. The van der Waals surface area contributed by atoms with Crippen molar-refractivity contribution in [3.63, 3.8) is 0 Å². The smallest absolute Gasteiger partial charge is 0.388 e. The summed E-state index contributed by atoms with van der Waals surface area (Å²) in [5.41, 5.74) is -1.09. The van der Waals surface area contributed by atoms with Crippen LogP contribution in [0.5, 0.6) is 0 Å². The second-order valence-corrected chi connectivity index (χ2v) is 4.66. The van der Waals surface area contributed by atoms with Crippen LogP contribution in [0.25, 0.3) is 0 Å². The molecule has 88 valence electrons. The minimum atomic E-state index is -4.15. The summed E-state index contributed by atoms with van der Waals surface area (Å²) < 4.78 is 36.3. The molecule has 1 N–H and O–H groups in total. The molecule has 0 bridgehead atoms. The number of hydrogen-bond acceptors (Lipinski definition) is 2. The van der Waals surface area contributed by atoms with E-state index in [1.807, 2.05) is 0 Å². The molecule has 0 aromatic heterocycles. The van der Waals surface area contributed by atoms with Crippen LogP contribution < -0.4 is 0 Å². The molecule has 5 heteroatoms. The number of fused-ring (bicyclic) bond motifs is 1. The molecule has 2 nitrogen and oxygen atoms in total. The van der Waals surface area contributed by atoms with Crippen LogP contribution in [0.2, 0.25) is 0 Å². The molecule has 0 spiro atoms. The maximum Gasteiger partial charge on any atom is 0.389 e. The third-order valence-corrected chi connectivity index (χ3v) is 3.66. The Kier molecular flexibility index (Phi) is 2.71. The Labute approximate surface area is 87.1 Å². The molecule has 0 amide bonds. The minimum Gasteiger partial charge on any atom is -0.388 e. The van der Waals surface area contributed by atoms with Gasteiger partial charge in [0.2, 0.25) is 0 Å². The lowest BCUT2D eigenvalue weighted by Gasteiger charge is -2.30. The van der Waals surface area contributed by atoms with Gasteiger partial charge in [-0.1, -0.05) is 0 Å². The van der Waals surface area contributed by atoms with Gasteiger partial charge in [-0.2, -0.15) is 13.2 Å². The highest BCUT2D eigenvalue weighted by Gasteiger charge is 2.48. The van der Waals surface area contributed by atoms with Crippen molar-refractivity contribution >= 4 is 0 Å². The van der Waals surface area contributed by atoms with E-state index < -0.39 is 18.2 Å². The van der Waals surface area contributed by atoms with Gasteiger partial charge < -0.3 is 5.11 Å². The first-order chi connectivity index (χ1) is 6.91. The number of aliphatic hydroxyl groups is 1. The summed E-state index contributed by atoms with van der Waals surface area (Å²) in [6, 6.07) is -0.0279. The molecular weight excluding hydrogens is 207 g/mol. The van der Waals surface area contributed by atoms with Gasteiger partial charge in [0.05, 0.1) is 5.60 Å². The predicted molar refractivity (Wildman–Crippen MR) is 49.5 cm³/mol. The Bertz CT molecular complexity index is 243. The van der Waals surface area contributed by atoms with Crippen LogP contribution in [-0.4, -0.2) is 40.9 Å². The van der Waals surface area contributed by atoms with Crippen molar-refractivity contribution in [3.05, 3.63) is 0 Å². The average molecular weight is 223 g/mol. The zero-order valence-corrected chi connectivity index (χ0v) is 8.56. The quantitative estimate of drug-likeness (QED) is 0.773. The van der Waals surface area contributed by atoms with Crippen LogP contribution >= 0.6 is 0 Å². The minimum absolute atomic E-state index is 0.0279. The van der Waals surface area contributed by atoms with Gasteiger partial charge in [-0.25, -0.2) is 0 Å². The van der Waals surface area contributed by atoms with Gasteiger partial charge in [0.15, 0.2) is 0 Å². The van der Waals surface area contributed by atoms with E-state index in [4.69, 9.17) is 0 Å². The summed E-state index contributed by atoms with van der Waals surface area (Å²) >= 11 is 0. The van der Waals surface area contributed by atoms with Gasteiger partial charge in [0.25, 0.3) is 0 Å². The van der Waals surface area contributed by atoms with E-state index in [-0.39, 0.29) is 12.5 Å². The fraction of sp³-hybridized carbons (Fsp3) is 1.00. The number of hydrogen-bond donors (Lipinski definition) is 1. The normalized spacial score (nSPS) is 37.2. The zero-order chi connectivity index (χ0) is 11.1. The van der Waals surface area contributed by atoms with E-state index in [1.165, 1.54) is 0 Å². The Morgan fingerprint density at radius 2 is 2.07 bits per heavy atom. The lowest BCUT2D eigenvalue weighted by molar-refractivity contribution is -0.148. The van der Waals surface area contributed by atoms with Gasteiger partial charge in [-0.15, -0.1) is 0 Å². The molecule has 2 unspecified atom stereocenters. The van der Waals surface area contributed by atoms with Crippen LogP contribution in [-0.2, 0) is 0 Å². The van der Waals surface area contributed by atoms with Crippen LogP contribution in [0, 0.1) is 0 Å². The highest BCUT2D eigenvalue weighted by molar-refractivity contribution is 5.02. The van der Waals surface area contributed by atoms with Gasteiger partial charge in [0.1, 0.15) is 0 Å². The van der Waals surface area contributed by atoms with Crippen molar-refractivity contribution in [2.24, 2.45) is 0 Å². The largest absolute Gasteiger partial charge is 0.389 e. The van der Waals surface area contributed by atoms with Crippen LogP contribution in [0.3, 0.4) is 0 Å². The molecule has 15 heavy (non-hydrogen) atoms. The Hall–Kier alpha value is -0.290. The molecule has 2 aliphatic heterocycles. The Balaban J connectivity index is 1.95. The first-order valence-electron chi connectivity index (χ1n) is 5.44. The first-order valence-corrected chi connectivity index (χ1v) is 5.44. The molecule has 0 aromatic rings. The molecule has 2 atom stereocenters. The van der Waals surface area contributed by atoms with E-state index in [1.54, 1.807) is 0 Å². The van der Waals surface area contributed by atoms with Crippen LogP contribution in [0.15, 0.2) is 0 Å². The van der Waals surface area contributed by atoms with E-state index in [0.717, 1.165) is 25.9 Å². The van der Waals surface area contributed by atoms with Crippen molar-refractivity contribution in [3.8, 4) is 0 Å². The topological polar surface area (TPSA) is 23.5 Å². The fourth-order valence-electron chi connectivity index (χ4n) is 2.86. The average Bonchev–Trinajstić information content (AvgIpc) is 2.67. The van der Waals surface area contributed by atoms with Gasteiger partial charge in [-0.3, -0.25) is 4.90 Å². The van der Waals surface area contributed by atoms with Crippen molar-refractivity contribution in [1.82, 2.24) is 4.90 Å². The Morgan fingerprint density at radius 3 is 2.73 bits per heavy atom. The van der Waals surface area contributed by atoms with Crippen molar-refractivity contribution in [2.45, 2.75) is 49.9 Å². The summed E-state index contributed by atoms with van der Waals surface area (Å²) in [4.78, 5) is 2.12. The molecule has 2 fully saturated rings. The van der Waals surface area contributed by atoms with Crippen molar-refractivity contribution in [2.75, 3.05) is 13.1 Å². The molecule has 2 aliphatic rings. The molecule has 2 heterocycles. The van der Waals surface area contributed by atoms with Gasteiger partial charge in [0, 0.05) is 19.0 Å². The predicted octanol–water partition coefficient (Wildman–Crippen LogP) is 1.93. The second-order valence-electron chi connectivity index (χ2n) is 4.66. The maximum absolute atomic E-state index is 12.1. The van der Waals surface area contributed by atoms with Crippen molar-refractivity contribution < 1.29 is 18.3 Å². The summed E-state index contributed by atoms with van der Waals surface area (Å²) in [5, 5.41) is 10.2. The maximum atomic E-state index is 12.1. The summed E-state index contributed by atoms with van der Waals surface area (Å²) in [5.74, 6) is 0. The van der Waals surface area contributed by atoms with E-state index >= 15 is 0 Å². The zero-order valence-electron chi connectivity index (χ0n) is 8.56. The molecule has 0 aliphatic carbocycles. The first kappa shape index (κ1) is 11.2. The number of alkyl halides is 3. The van der Waals surface area contributed by atoms with E-state index in [9.17, 15) is 18.3 Å². The Morgan fingerprint density at radius 1 is 1.33 bits per heavy atom. The standard InChI is InChI=1S/C10H16F3NO/c11-10(12,13)4-3-9(15)5-7-14-6-1-2-8(9)14/h8,15H,1-7H2. The number of halogens is 3. The SMILES string of the molecule is OC1(CCC(F)(F)F)CCN2CCCC21. The molecule has 2 rings (SSSR count). The number of nitrogens with zero attached hydrogens (tertiary/aromatic N) is 1. The highest BCUT2D eigenvalue weighted by atomic mass is 19.4. The van der Waals surface area contributed by atoms with Crippen molar-refractivity contribution in [1.29, 1.82) is 0 Å². The van der Waals surface area contributed by atoms with E-state index in [2.05, 4.69) is 4.90 Å². The van der Waals surface area contributed by atoms with Gasteiger partial charge >= 0.3 is 6.18 Å². The van der Waals surface area contributed by atoms with E-state index in [0.29, 0.717) is 6.42 Å². The molecule has 2 saturated heterocycles. The molecular formula is C10H16F3NO. The molecule has 0 saturated carbocycles. The van der Waals surface area contributed by atoms with Crippen LogP contribution in [0.1, 0.15) is 32.1 Å². The third-order valence-electron chi connectivity index (χ3n) is 3.66. The fourth-order valence-corrected chi connectivity index (χ4v) is 2.86. The van der Waals surface area contributed by atoms with Crippen LogP contribution in [0.4, 0.5) is 13.2 Å². The summed E-state index contributed by atoms with van der Waals surface area (Å²) in [7, 11) is 0. The van der Waals surface area contributed by atoms with Gasteiger partial charge in [-0.05, 0) is 32.2 Å². The summed E-state index contributed by atoms with van der Waals surface area (Å²) in [6.45, 7) is 1.68. The lowest BCUT2D eigenvalue weighted by atomic mass is 9.88. The highest BCUT2D eigenvalue weighted by Crippen LogP contribution is 2.40. The molecule has 0 aromatic carbocycles. The molecule has 0 radical (unpaired) electrons. The third kappa shape index (κ3) is 2.28. The monoisotopic (exact) mass is 223 g/mol. The number of rotatable bonds is 2. The second kappa shape index (κ2) is 3.63.